The number of anilines is 1. The Balaban J connectivity index is 1.65. The van der Waals surface area contributed by atoms with E-state index in [0.717, 1.165) is 10.4 Å². The van der Waals surface area contributed by atoms with Crippen molar-refractivity contribution in [2.75, 3.05) is 39.7 Å². The lowest BCUT2D eigenvalue weighted by Crippen LogP contribution is -2.49. The molecule has 6 N–H and O–H groups in total. The van der Waals surface area contributed by atoms with E-state index in [1.807, 2.05) is 5.32 Å². The highest BCUT2D eigenvalue weighted by Gasteiger charge is 2.38. The average Bonchev–Trinajstić information content (AvgIpc) is 3.79. The van der Waals surface area contributed by atoms with Gasteiger partial charge in [0.1, 0.15) is 32.6 Å². The van der Waals surface area contributed by atoms with E-state index in [1.165, 1.54) is 50.7 Å². The summed E-state index contributed by atoms with van der Waals surface area (Å²) in [7, 11) is -5.76. The number of carbonyl (C=O) groups excluding carboxylic acids is 1. The van der Waals surface area contributed by atoms with Crippen LogP contribution >= 0.6 is 0 Å². The number of hydrogen-bond acceptors (Lipinski definition) is 15. The second-order valence-corrected chi connectivity index (χ2v) is 20.1. The molecule has 0 aliphatic carbocycles. The fraction of sp³-hybridized carbons (Fsp3) is 0.283. The number of pyridine rings is 1. The SMILES string of the molecule is COc1ccc(CN(Cc2ccc(OC)cc2)S(=O)(=O)c2c(S(=O)(=O)NC[C@H](CNC(=O)O)NC(=O)O)ccc(-c3cnccc3NC(=O)OC(C)(C)C)c2-c2nnn(Cc3ccc(OC)cc3)n2)cc1. The minimum absolute atomic E-state index is 0.00963. The Morgan fingerprint density at radius 3 is 1.82 bits per heavy atom. The third-order valence-corrected chi connectivity index (χ3v) is 13.8. The molecule has 1 atom stereocenters. The molecule has 0 bridgehead atoms. The van der Waals surface area contributed by atoms with Crippen LogP contribution in [0.15, 0.2) is 113 Å². The van der Waals surface area contributed by atoms with Crippen LogP contribution in [-0.4, -0.2) is 121 Å². The molecule has 0 saturated carbocycles. The Bertz CT molecular complexity index is 3010. The van der Waals surface area contributed by atoms with E-state index in [0.29, 0.717) is 33.9 Å². The number of ether oxygens (including phenoxy) is 4. The second-order valence-electron chi connectivity index (χ2n) is 16.5. The van der Waals surface area contributed by atoms with Crippen LogP contribution in [0.25, 0.3) is 22.5 Å². The molecular weight excluding hydrogens is 965 g/mol. The quantitative estimate of drug-likeness (QED) is 0.0526. The second kappa shape index (κ2) is 22.7. The molecule has 2 aromatic heterocycles. The molecule has 71 heavy (non-hydrogen) atoms. The lowest BCUT2D eigenvalue weighted by atomic mass is 9.99. The van der Waals surface area contributed by atoms with E-state index >= 15 is 8.42 Å². The molecule has 25 heteroatoms. The maximum Gasteiger partial charge on any atom is 0.412 e. The Kier molecular flexibility index (Phi) is 16.8. The Hall–Kier alpha value is -7.87. The summed E-state index contributed by atoms with van der Waals surface area (Å²) in [5.74, 6) is 1.17. The summed E-state index contributed by atoms with van der Waals surface area (Å²) in [5, 5.41) is 38.7. The van der Waals surface area contributed by atoms with Crippen molar-refractivity contribution in [3.05, 3.63) is 120 Å². The molecule has 23 nitrogen and oxygen atoms in total. The van der Waals surface area contributed by atoms with Crippen LogP contribution in [0, 0.1) is 0 Å². The van der Waals surface area contributed by atoms with Gasteiger partial charge in [-0.25, -0.2) is 35.9 Å². The third-order valence-electron chi connectivity index (χ3n) is 10.3. The van der Waals surface area contributed by atoms with Gasteiger partial charge in [0, 0.05) is 44.1 Å². The van der Waals surface area contributed by atoms with Gasteiger partial charge in [0.2, 0.25) is 25.9 Å². The van der Waals surface area contributed by atoms with E-state index in [9.17, 15) is 33.0 Å². The number of methoxy groups -OCH3 is 3. The molecule has 6 aromatic rings. The number of carbonyl (C=O) groups is 3. The van der Waals surface area contributed by atoms with Crippen LogP contribution in [-0.2, 0) is 44.4 Å². The summed E-state index contributed by atoms with van der Waals surface area (Å²) in [5.41, 5.74) is 0.417. The van der Waals surface area contributed by atoms with Crippen LogP contribution in [0.5, 0.6) is 17.2 Å². The summed E-state index contributed by atoms with van der Waals surface area (Å²) in [6, 6.07) is 22.4. The minimum Gasteiger partial charge on any atom is -0.497 e. The molecule has 3 amide bonds. The summed E-state index contributed by atoms with van der Waals surface area (Å²) in [6.07, 6.45) is -1.30. The molecule has 6 rings (SSSR count). The lowest BCUT2D eigenvalue weighted by Gasteiger charge is -2.27. The van der Waals surface area contributed by atoms with Crippen molar-refractivity contribution < 1.29 is 60.4 Å². The smallest absolute Gasteiger partial charge is 0.412 e. The molecular formula is C46H52N10O13S2. The molecule has 0 fully saturated rings. The fourth-order valence-corrected chi connectivity index (χ4v) is 10.5. The summed E-state index contributed by atoms with van der Waals surface area (Å²) in [6.45, 7) is 2.99. The van der Waals surface area contributed by atoms with Gasteiger partial charge >= 0.3 is 18.3 Å². The Morgan fingerprint density at radius 1 is 0.732 bits per heavy atom. The van der Waals surface area contributed by atoms with Gasteiger partial charge in [0.15, 0.2) is 0 Å². The summed E-state index contributed by atoms with van der Waals surface area (Å²) < 4.78 is 86.8. The number of nitrogens with one attached hydrogen (secondary N) is 4. The summed E-state index contributed by atoms with van der Waals surface area (Å²) in [4.78, 5) is 40.2. The number of carboxylic acid groups (broad SMARTS) is 2. The number of sulfonamides is 2. The highest BCUT2D eigenvalue weighted by atomic mass is 32.2. The maximum absolute atomic E-state index is 16.1. The lowest BCUT2D eigenvalue weighted by molar-refractivity contribution is 0.0635. The number of hydrogen-bond donors (Lipinski definition) is 6. The molecule has 0 aliphatic rings. The number of benzene rings is 4. The van der Waals surface area contributed by atoms with Crippen molar-refractivity contribution in [3.63, 3.8) is 0 Å². The van der Waals surface area contributed by atoms with Gasteiger partial charge in [-0.3, -0.25) is 10.3 Å². The van der Waals surface area contributed by atoms with Crippen molar-refractivity contribution in [1.29, 1.82) is 0 Å². The standard InChI is InChI=1S/C46H52N10O13S2/c1-46(2,3)69-45(61)51-38-21-22-47-25-37(38)36-19-20-39(70(62,63)49-24-32(50-44(59)60)23-48-43(57)58)41(40(36)42-52-54-56(53-42)28-31-11-17-35(68-6)18-12-31)71(64,65)55(26-29-7-13-33(66-4)14-8-29)27-30-9-15-34(67-5)16-10-30/h7-22,25,32,48-50H,23-24,26-28H2,1-6H3,(H,57,58)(H,59,60)(H,47,51,61)/t32-/m0/s1. The van der Waals surface area contributed by atoms with Gasteiger partial charge < -0.3 is 39.8 Å². The van der Waals surface area contributed by atoms with Crippen LogP contribution in [0.3, 0.4) is 0 Å². The van der Waals surface area contributed by atoms with Crippen molar-refractivity contribution in [2.24, 2.45) is 0 Å². The van der Waals surface area contributed by atoms with Crippen molar-refractivity contribution in [3.8, 4) is 39.8 Å². The van der Waals surface area contributed by atoms with Crippen molar-refractivity contribution in [2.45, 2.75) is 61.8 Å². The van der Waals surface area contributed by atoms with E-state index in [-0.39, 0.29) is 42.3 Å². The number of amides is 3. The van der Waals surface area contributed by atoms with Crippen molar-refractivity contribution in [1.82, 2.24) is 44.9 Å². The summed E-state index contributed by atoms with van der Waals surface area (Å²) >= 11 is 0. The highest BCUT2D eigenvalue weighted by Crippen LogP contribution is 2.43. The Labute approximate surface area is 409 Å². The van der Waals surface area contributed by atoms with Gasteiger partial charge in [-0.2, -0.15) is 9.10 Å². The van der Waals surface area contributed by atoms with E-state index in [1.54, 1.807) is 93.6 Å². The monoisotopic (exact) mass is 1020 g/mol. The first-order valence-corrected chi connectivity index (χ1v) is 24.4. The van der Waals surface area contributed by atoms with Crippen LogP contribution in [0.1, 0.15) is 37.5 Å². The number of tetrazole rings is 1. The molecule has 0 unspecified atom stereocenters. The minimum atomic E-state index is -5.16. The van der Waals surface area contributed by atoms with Crippen molar-refractivity contribution >= 4 is 44.0 Å². The predicted molar refractivity (Wildman–Crippen MR) is 257 cm³/mol. The van der Waals surface area contributed by atoms with Crippen LogP contribution in [0.2, 0.25) is 0 Å². The highest BCUT2D eigenvalue weighted by molar-refractivity contribution is 7.92. The van der Waals surface area contributed by atoms with E-state index in [2.05, 4.69) is 35.8 Å². The number of aromatic nitrogens is 5. The van der Waals surface area contributed by atoms with Gasteiger partial charge in [-0.15, -0.1) is 10.2 Å². The molecule has 4 aromatic carbocycles. The molecule has 0 spiro atoms. The maximum atomic E-state index is 16.1. The number of rotatable bonds is 21. The van der Waals surface area contributed by atoms with Crippen LogP contribution < -0.4 is 34.9 Å². The molecule has 0 aliphatic heterocycles. The predicted octanol–water partition coefficient (Wildman–Crippen LogP) is 5.40. The first-order valence-electron chi connectivity index (χ1n) is 21.4. The Morgan fingerprint density at radius 2 is 1.30 bits per heavy atom. The van der Waals surface area contributed by atoms with Gasteiger partial charge in [0.25, 0.3) is 0 Å². The molecule has 0 radical (unpaired) electrons. The van der Waals surface area contributed by atoms with Gasteiger partial charge in [-0.1, -0.05) is 42.5 Å². The third kappa shape index (κ3) is 13.9. The first kappa shape index (κ1) is 52.5. The van der Waals surface area contributed by atoms with Gasteiger partial charge in [-0.05, 0) is 96.8 Å². The zero-order valence-electron chi connectivity index (χ0n) is 39.3. The first-order chi connectivity index (χ1) is 33.7. The topological polar surface area (TPSA) is 305 Å². The molecule has 0 saturated heterocycles. The van der Waals surface area contributed by atoms with Crippen LogP contribution in [0.4, 0.5) is 20.1 Å². The zero-order chi connectivity index (χ0) is 51.5. The zero-order valence-corrected chi connectivity index (χ0v) is 40.9. The average molecular weight is 1020 g/mol. The molecule has 376 valence electrons. The normalized spacial score (nSPS) is 12.2. The van der Waals surface area contributed by atoms with E-state index < -0.39 is 78.4 Å². The number of nitrogens with zero attached hydrogens (tertiary/aromatic N) is 6. The molecule has 2 heterocycles. The van der Waals surface area contributed by atoms with Gasteiger partial charge in [0.05, 0.1) is 45.2 Å². The van der Waals surface area contributed by atoms with E-state index in [4.69, 9.17) is 18.9 Å². The fourth-order valence-electron chi connectivity index (χ4n) is 6.99. The largest absolute Gasteiger partial charge is 0.497 e.